The number of halogens is 3. The second kappa shape index (κ2) is 7.13. The summed E-state index contributed by atoms with van der Waals surface area (Å²) in [5, 5.41) is 2.88. The largest absolute Gasteiger partial charge is 0.401 e. The smallest absolute Gasteiger partial charge is 0.352 e. The van der Waals surface area contributed by atoms with Crippen LogP contribution in [0.3, 0.4) is 0 Å². The van der Waals surface area contributed by atoms with Crippen molar-refractivity contribution in [3.63, 3.8) is 0 Å². The predicted molar refractivity (Wildman–Crippen MR) is 86.0 cm³/mol. The van der Waals surface area contributed by atoms with Crippen LogP contribution in [0.2, 0.25) is 0 Å². The highest BCUT2D eigenvalue weighted by Crippen LogP contribution is 2.23. The van der Waals surface area contributed by atoms with Crippen molar-refractivity contribution in [1.29, 1.82) is 0 Å². The zero-order chi connectivity index (χ0) is 17.2. The minimum Gasteiger partial charge on any atom is -0.352 e. The molecule has 0 spiro atoms. The Morgan fingerprint density at radius 1 is 1.21 bits per heavy atom. The minimum absolute atomic E-state index is 0.0916. The van der Waals surface area contributed by atoms with Crippen molar-refractivity contribution < 1.29 is 18.0 Å². The summed E-state index contributed by atoms with van der Waals surface area (Å²) in [6, 6.07) is 5.85. The molecule has 1 atom stereocenters. The van der Waals surface area contributed by atoms with Gasteiger partial charge in [-0.15, -0.1) is 0 Å². The Morgan fingerprint density at radius 2 is 1.96 bits per heavy atom. The fourth-order valence-electron chi connectivity index (χ4n) is 3.69. The molecule has 3 rings (SSSR count). The van der Waals surface area contributed by atoms with E-state index in [9.17, 15) is 18.0 Å². The standard InChI is InChI=1S/C18H23F3N2O/c19-18(20,21)12-23-8-7-13(11-23)10-22-17(24)16-6-5-14-3-1-2-4-15(14)9-16/h5-6,9,13H,1-4,7-8,10-12H2,(H,22,24). The monoisotopic (exact) mass is 340 g/mol. The normalized spacial score (nSPS) is 21.5. The predicted octanol–water partition coefficient (Wildman–Crippen LogP) is 3.18. The van der Waals surface area contributed by atoms with E-state index in [2.05, 4.69) is 5.32 Å². The van der Waals surface area contributed by atoms with Crippen molar-refractivity contribution in [3.8, 4) is 0 Å². The van der Waals surface area contributed by atoms with Gasteiger partial charge in [-0.3, -0.25) is 9.69 Å². The maximum Gasteiger partial charge on any atom is 0.401 e. The second-order valence-electron chi connectivity index (χ2n) is 6.91. The summed E-state index contributed by atoms with van der Waals surface area (Å²) in [6.45, 7) is 0.412. The van der Waals surface area contributed by atoms with Crippen LogP contribution in [0.25, 0.3) is 0 Å². The van der Waals surface area contributed by atoms with Crippen molar-refractivity contribution >= 4 is 5.91 Å². The molecule has 1 amide bonds. The first-order chi connectivity index (χ1) is 11.4. The Morgan fingerprint density at radius 3 is 2.71 bits per heavy atom. The number of aryl methyl sites for hydroxylation is 2. The molecule has 1 N–H and O–H groups in total. The number of carbonyl (C=O) groups is 1. The highest BCUT2D eigenvalue weighted by Gasteiger charge is 2.34. The molecule has 6 heteroatoms. The van der Waals surface area contributed by atoms with Gasteiger partial charge in [0.25, 0.3) is 5.91 Å². The Hall–Kier alpha value is -1.56. The third kappa shape index (κ3) is 4.50. The summed E-state index contributed by atoms with van der Waals surface area (Å²) in [5.41, 5.74) is 3.24. The molecule has 1 aromatic rings. The van der Waals surface area contributed by atoms with E-state index in [1.165, 1.54) is 22.4 Å². The summed E-state index contributed by atoms with van der Waals surface area (Å²) >= 11 is 0. The number of nitrogens with zero attached hydrogens (tertiary/aromatic N) is 1. The van der Waals surface area contributed by atoms with E-state index >= 15 is 0 Å². The average molecular weight is 340 g/mol. The average Bonchev–Trinajstić information content (AvgIpc) is 2.97. The maximum absolute atomic E-state index is 12.4. The van der Waals surface area contributed by atoms with Gasteiger partial charge in [0.05, 0.1) is 6.54 Å². The lowest BCUT2D eigenvalue weighted by molar-refractivity contribution is -0.143. The molecule has 1 saturated heterocycles. The first kappa shape index (κ1) is 17.3. The molecule has 0 saturated carbocycles. The summed E-state index contributed by atoms with van der Waals surface area (Å²) in [6.07, 6.45) is 1.01. The Balaban J connectivity index is 1.49. The number of carbonyl (C=O) groups excluding carboxylic acids is 1. The molecule has 132 valence electrons. The number of fused-ring (bicyclic) bond motifs is 1. The number of likely N-dealkylation sites (tertiary alicyclic amines) is 1. The van der Waals surface area contributed by atoms with Crippen molar-refractivity contribution in [1.82, 2.24) is 10.2 Å². The molecule has 1 aliphatic carbocycles. The van der Waals surface area contributed by atoms with Crippen LogP contribution in [-0.2, 0) is 12.8 Å². The molecule has 1 aromatic carbocycles. The van der Waals surface area contributed by atoms with Crippen molar-refractivity contribution in [2.24, 2.45) is 5.92 Å². The van der Waals surface area contributed by atoms with E-state index in [0.717, 1.165) is 19.3 Å². The molecular formula is C18H23F3N2O. The van der Waals surface area contributed by atoms with Gasteiger partial charge < -0.3 is 5.32 Å². The van der Waals surface area contributed by atoms with Crippen LogP contribution in [-0.4, -0.2) is 43.2 Å². The highest BCUT2D eigenvalue weighted by molar-refractivity contribution is 5.94. The topological polar surface area (TPSA) is 32.3 Å². The van der Waals surface area contributed by atoms with Crippen LogP contribution in [0.4, 0.5) is 13.2 Å². The number of nitrogens with one attached hydrogen (secondary N) is 1. The Bertz CT molecular complexity index is 600. The summed E-state index contributed by atoms with van der Waals surface area (Å²) < 4.78 is 37.2. The third-order valence-electron chi connectivity index (χ3n) is 4.93. The molecule has 1 heterocycles. The third-order valence-corrected chi connectivity index (χ3v) is 4.93. The van der Waals surface area contributed by atoms with Gasteiger partial charge in [0, 0.05) is 18.7 Å². The van der Waals surface area contributed by atoms with Gasteiger partial charge in [-0.2, -0.15) is 13.2 Å². The lowest BCUT2D eigenvalue weighted by Crippen LogP contribution is -2.34. The molecule has 1 unspecified atom stereocenters. The van der Waals surface area contributed by atoms with Crippen molar-refractivity contribution in [2.75, 3.05) is 26.2 Å². The highest BCUT2D eigenvalue weighted by atomic mass is 19.4. The lowest BCUT2D eigenvalue weighted by Gasteiger charge is -2.18. The number of hydrogen-bond donors (Lipinski definition) is 1. The van der Waals surface area contributed by atoms with E-state index in [-0.39, 0.29) is 11.8 Å². The molecule has 1 fully saturated rings. The molecule has 2 aliphatic rings. The van der Waals surface area contributed by atoms with Gasteiger partial charge in [-0.1, -0.05) is 6.07 Å². The Kier molecular flexibility index (Phi) is 5.13. The van der Waals surface area contributed by atoms with Gasteiger partial charge in [0.1, 0.15) is 0 Å². The van der Waals surface area contributed by atoms with Crippen molar-refractivity contribution in [3.05, 3.63) is 34.9 Å². The molecule has 3 nitrogen and oxygen atoms in total. The first-order valence-electron chi connectivity index (χ1n) is 8.60. The fraction of sp³-hybridized carbons (Fsp3) is 0.611. The number of amides is 1. The molecular weight excluding hydrogens is 317 g/mol. The van der Waals surface area contributed by atoms with Crippen LogP contribution in [0.5, 0.6) is 0 Å². The molecule has 1 aliphatic heterocycles. The van der Waals surface area contributed by atoms with E-state index in [0.29, 0.717) is 31.6 Å². The first-order valence-corrected chi connectivity index (χ1v) is 8.60. The summed E-state index contributed by atoms with van der Waals surface area (Å²) in [5.74, 6) is -0.0356. The molecule has 0 aromatic heterocycles. The number of alkyl halides is 3. The van der Waals surface area contributed by atoms with Crippen LogP contribution < -0.4 is 5.32 Å². The second-order valence-corrected chi connectivity index (χ2v) is 6.91. The van der Waals surface area contributed by atoms with E-state index < -0.39 is 12.7 Å². The van der Waals surface area contributed by atoms with Gasteiger partial charge in [0.15, 0.2) is 0 Å². The van der Waals surface area contributed by atoms with Crippen LogP contribution in [0.15, 0.2) is 18.2 Å². The van der Waals surface area contributed by atoms with E-state index in [4.69, 9.17) is 0 Å². The number of rotatable bonds is 4. The van der Waals surface area contributed by atoms with Gasteiger partial charge in [-0.25, -0.2) is 0 Å². The molecule has 0 radical (unpaired) electrons. The van der Waals surface area contributed by atoms with Gasteiger partial charge in [0.2, 0.25) is 0 Å². The summed E-state index contributed by atoms with van der Waals surface area (Å²) in [7, 11) is 0. The van der Waals surface area contributed by atoms with Gasteiger partial charge in [-0.05, 0) is 67.8 Å². The zero-order valence-corrected chi connectivity index (χ0v) is 13.7. The van der Waals surface area contributed by atoms with E-state index in [1.54, 1.807) is 0 Å². The van der Waals surface area contributed by atoms with Crippen LogP contribution >= 0.6 is 0 Å². The lowest BCUT2D eigenvalue weighted by atomic mass is 9.90. The number of hydrogen-bond acceptors (Lipinski definition) is 2. The summed E-state index contributed by atoms with van der Waals surface area (Å²) in [4.78, 5) is 13.7. The number of benzene rings is 1. The van der Waals surface area contributed by atoms with Crippen molar-refractivity contribution in [2.45, 2.75) is 38.3 Å². The maximum atomic E-state index is 12.4. The van der Waals surface area contributed by atoms with Gasteiger partial charge >= 0.3 is 6.18 Å². The van der Waals surface area contributed by atoms with Crippen LogP contribution in [0.1, 0.15) is 40.7 Å². The molecule has 24 heavy (non-hydrogen) atoms. The minimum atomic E-state index is -4.15. The quantitative estimate of drug-likeness (QED) is 0.913. The molecule has 0 bridgehead atoms. The SMILES string of the molecule is O=C(NCC1CCN(CC(F)(F)F)C1)c1ccc2c(c1)CCCC2. The fourth-order valence-corrected chi connectivity index (χ4v) is 3.69. The Labute approximate surface area is 140 Å². The van der Waals surface area contributed by atoms with Crippen LogP contribution in [0, 0.1) is 5.92 Å². The van der Waals surface area contributed by atoms with E-state index in [1.807, 2.05) is 18.2 Å². The zero-order valence-electron chi connectivity index (χ0n) is 13.7.